The van der Waals surface area contributed by atoms with Crippen LogP contribution in [0.3, 0.4) is 0 Å². The second-order valence-electron chi connectivity index (χ2n) is 7.97. The lowest BCUT2D eigenvalue weighted by molar-refractivity contribution is -0.123. The quantitative estimate of drug-likeness (QED) is 0.390. The molecule has 0 saturated heterocycles. The van der Waals surface area contributed by atoms with Gasteiger partial charge in [0.25, 0.3) is 5.91 Å². The molecule has 10 heteroatoms. The van der Waals surface area contributed by atoms with Crippen molar-refractivity contribution in [3.8, 4) is 5.75 Å². The molecule has 2 unspecified atom stereocenters. The molecule has 0 radical (unpaired) electrons. The Hall–Kier alpha value is -3.69. The molecule has 0 heterocycles. The van der Waals surface area contributed by atoms with Gasteiger partial charge < -0.3 is 15.8 Å². The number of halogens is 3. The Balaban J connectivity index is 2.36. The van der Waals surface area contributed by atoms with Gasteiger partial charge in [-0.05, 0) is 24.8 Å². The van der Waals surface area contributed by atoms with Crippen molar-refractivity contribution in [3.05, 3.63) is 70.8 Å². The van der Waals surface area contributed by atoms with Crippen molar-refractivity contribution in [2.45, 2.75) is 38.9 Å². The smallest absolute Gasteiger partial charge is 0.417 e. The van der Waals surface area contributed by atoms with Gasteiger partial charge in [0, 0.05) is 22.7 Å². The van der Waals surface area contributed by atoms with E-state index in [-0.39, 0.29) is 24.3 Å². The molecule has 2 amide bonds. The van der Waals surface area contributed by atoms with Crippen LogP contribution in [0, 0.1) is 10.8 Å². The normalized spacial score (nSPS) is 15.1. The summed E-state index contributed by atoms with van der Waals surface area (Å²) < 4.78 is 44.5. The zero-order valence-corrected chi connectivity index (χ0v) is 19.0. The van der Waals surface area contributed by atoms with Crippen LogP contribution < -0.4 is 15.8 Å². The number of nitrogens with one attached hydrogen (secondary N) is 1. The highest BCUT2D eigenvalue weighted by Crippen LogP contribution is 2.31. The summed E-state index contributed by atoms with van der Waals surface area (Å²) in [5.41, 5.74) is 2.67. The zero-order valence-electron chi connectivity index (χ0n) is 19.0. The third-order valence-corrected chi connectivity index (χ3v) is 5.38. The Morgan fingerprint density at radius 2 is 1.88 bits per heavy atom. The van der Waals surface area contributed by atoms with E-state index in [2.05, 4.69) is 10.5 Å². The molecule has 182 valence electrons. The van der Waals surface area contributed by atoms with Crippen LogP contribution in [0.15, 0.2) is 65.5 Å². The van der Waals surface area contributed by atoms with E-state index in [1.54, 1.807) is 38.1 Å². The largest absolute Gasteiger partial charge is 0.491 e. The molecule has 2 aromatic rings. The Morgan fingerprint density at radius 3 is 2.47 bits per heavy atom. The fourth-order valence-corrected chi connectivity index (χ4v) is 3.07. The summed E-state index contributed by atoms with van der Waals surface area (Å²) in [6, 6.07) is 10.3. The second-order valence-corrected chi connectivity index (χ2v) is 7.97. The van der Waals surface area contributed by atoms with Crippen molar-refractivity contribution in [1.82, 2.24) is 5.32 Å². The molecule has 0 aromatic heterocycles. The lowest BCUT2D eigenvalue weighted by Gasteiger charge is -2.25. The molecule has 0 bridgehead atoms. The van der Waals surface area contributed by atoms with E-state index in [1.165, 1.54) is 19.1 Å². The Bertz CT molecular complexity index is 1130. The minimum absolute atomic E-state index is 0.0413. The average Bonchev–Trinajstić information content (AvgIpc) is 2.81. The van der Waals surface area contributed by atoms with E-state index in [0.29, 0.717) is 11.6 Å². The third-order valence-electron chi connectivity index (χ3n) is 5.38. The molecular weight excluding hydrogens is 451 g/mol. The molecule has 0 saturated carbocycles. The van der Waals surface area contributed by atoms with Crippen molar-refractivity contribution < 1.29 is 27.5 Å². The first-order valence-electron chi connectivity index (χ1n) is 10.5. The number of allylic oxidation sites excluding steroid dienone is 2. The first kappa shape index (κ1) is 26.6. The number of benzene rings is 2. The van der Waals surface area contributed by atoms with Crippen LogP contribution in [0.5, 0.6) is 5.75 Å². The number of hydrogen-bond donors (Lipinski definition) is 2. The number of fused-ring (bicyclic) bond motifs is 1. The van der Waals surface area contributed by atoms with Gasteiger partial charge in [0.05, 0.1) is 17.7 Å². The van der Waals surface area contributed by atoms with E-state index < -0.39 is 35.0 Å². The van der Waals surface area contributed by atoms with E-state index in [1.807, 2.05) is 6.07 Å². The predicted molar refractivity (Wildman–Crippen MR) is 123 cm³/mol. The fourth-order valence-electron chi connectivity index (χ4n) is 3.07. The molecule has 2 atom stereocenters. The minimum atomic E-state index is -4.58. The minimum Gasteiger partial charge on any atom is -0.491 e. The summed E-state index contributed by atoms with van der Waals surface area (Å²) in [6.45, 7) is 4.63. The van der Waals surface area contributed by atoms with Gasteiger partial charge in [-0.2, -0.15) is 13.2 Å². The number of nitrogens with two attached hydrogens (primary N) is 1. The lowest BCUT2D eigenvalue weighted by Crippen LogP contribution is -2.51. The molecular formula is C24H26F3N3O4. The predicted octanol–water partition coefficient (Wildman–Crippen LogP) is 5.01. The maximum atomic E-state index is 13.1. The number of amides is 2. The van der Waals surface area contributed by atoms with Gasteiger partial charge in [0.1, 0.15) is 11.3 Å². The SMILES string of the molecule is CCC(C)(NC(=O)c1ccc2ccccc2c1OCC(C)/C=C\C(=C/N)C(F)(F)F)C(=O)N=O. The van der Waals surface area contributed by atoms with E-state index in [4.69, 9.17) is 10.5 Å². The van der Waals surface area contributed by atoms with Crippen LogP contribution in [0.1, 0.15) is 37.6 Å². The van der Waals surface area contributed by atoms with E-state index in [0.717, 1.165) is 11.5 Å². The molecule has 0 aliphatic rings. The van der Waals surface area contributed by atoms with Gasteiger partial charge in [-0.3, -0.25) is 9.59 Å². The number of rotatable bonds is 9. The highest BCUT2D eigenvalue weighted by atomic mass is 19.4. The number of nitrogens with zero attached hydrogens (tertiary/aromatic N) is 1. The monoisotopic (exact) mass is 477 g/mol. The number of carbonyl (C=O) groups excluding carboxylic acids is 2. The number of carbonyl (C=O) groups is 2. The number of hydrogen-bond acceptors (Lipinski definition) is 5. The van der Waals surface area contributed by atoms with Gasteiger partial charge in [-0.15, -0.1) is 4.91 Å². The van der Waals surface area contributed by atoms with Crippen molar-refractivity contribution in [1.29, 1.82) is 0 Å². The Labute approximate surface area is 194 Å². The van der Waals surface area contributed by atoms with Crippen LogP contribution in [-0.2, 0) is 4.79 Å². The van der Waals surface area contributed by atoms with Gasteiger partial charge in [-0.1, -0.05) is 56.3 Å². The van der Waals surface area contributed by atoms with Gasteiger partial charge in [0.2, 0.25) is 0 Å². The Morgan fingerprint density at radius 1 is 1.21 bits per heavy atom. The third kappa shape index (κ3) is 6.21. The van der Waals surface area contributed by atoms with Gasteiger partial charge in [-0.25, -0.2) is 0 Å². The summed E-state index contributed by atoms with van der Waals surface area (Å²) in [5, 5.41) is 6.35. The summed E-state index contributed by atoms with van der Waals surface area (Å²) in [7, 11) is 0. The maximum Gasteiger partial charge on any atom is 0.417 e. The summed E-state index contributed by atoms with van der Waals surface area (Å²) in [4.78, 5) is 35.8. The van der Waals surface area contributed by atoms with Crippen molar-refractivity contribution in [2.24, 2.45) is 16.8 Å². The second kappa shape index (κ2) is 11.0. The van der Waals surface area contributed by atoms with Crippen LogP contribution in [0.4, 0.5) is 13.2 Å². The van der Waals surface area contributed by atoms with Gasteiger partial charge in [0.15, 0.2) is 0 Å². The number of ether oxygens (including phenoxy) is 1. The molecule has 0 aliphatic carbocycles. The van der Waals surface area contributed by atoms with Crippen LogP contribution in [0.25, 0.3) is 10.8 Å². The molecule has 0 spiro atoms. The Kier molecular flexibility index (Phi) is 8.56. The molecule has 3 N–H and O–H groups in total. The van der Waals surface area contributed by atoms with Crippen molar-refractivity contribution in [2.75, 3.05) is 6.61 Å². The summed E-state index contributed by atoms with van der Waals surface area (Å²) >= 11 is 0. The van der Waals surface area contributed by atoms with E-state index >= 15 is 0 Å². The van der Waals surface area contributed by atoms with Crippen LogP contribution >= 0.6 is 0 Å². The van der Waals surface area contributed by atoms with Crippen LogP contribution in [-0.4, -0.2) is 30.1 Å². The van der Waals surface area contributed by atoms with E-state index in [9.17, 15) is 27.7 Å². The van der Waals surface area contributed by atoms with Gasteiger partial charge >= 0.3 is 12.1 Å². The fraction of sp³-hybridized carbons (Fsp3) is 0.333. The summed E-state index contributed by atoms with van der Waals surface area (Å²) in [5.74, 6) is -1.94. The molecule has 2 aromatic carbocycles. The molecule has 0 aliphatic heterocycles. The van der Waals surface area contributed by atoms with Crippen molar-refractivity contribution in [3.63, 3.8) is 0 Å². The number of alkyl halides is 3. The molecule has 0 fully saturated rings. The average molecular weight is 477 g/mol. The maximum absolute atomic E-state index is 13.1. The zero-order chi connectivity index (χ0) is 25.5. The molecule has 34 heavy (non-hydrogen) atoms. The molecule has 2 rings (SSSR count). The molecule has 7 nitrogen and oxygen atoms in total. The first-order valence-corrected chi connectivity index (χ1v) is 10.5. The highest BCUT2D eigenvalue weighted by Gasteiger charge is 2.35. The standard InChI is InChI=1S/C24H26F3N3O4/c1-4-23(3,22(32)30-33)29-21(31)19-12-10-16-7-5-6-8-18(16)20(19)34-14-15(2)9-11-17(13-28)24(25,26)27/h5-13,15H,4,14,28H2,1-3H3,(H,29,31)/b11-9-,17-13+. The van der Waals surface area contributed by atoms with Crippen LogP contribution in [0.2, 0.25) is 0 Å². The summed E-state index contributed by atoms with van der Waals surface area (Å²) in [6.07, 6.45) is -1.79. The lowest BCUT2D eigenvalue weighted by atomic mass is 9.96. The topological polar surface area (TPSA) is 111 Å². The van der Waals surface area contributed by atoms with Crippen molar-refractivity contribution >= 4 is 22.6 Å². The first-order chi connectivity index (χ1) is 16.0. The highest BCUT2D eigenvalue weighted by molar-refractivity contribution is 6.05. The number of nitroso groups, excluding NO2 is 1.